The maximum Gasteiger partial charge on any atom is 0.410 e. The summed E-state index contributed by atoms with van der Waals surface area (Å²) in [6, 6.07) is -0.0757. The fourth-order valence-corrected chi connectivity index (χ4v) is 2.95. The van der Waals surface area contributed by atoms with Crippen LogP contribution in [-0.4, -0.2) is 86.5 Å². The molecule has 172 valence electrons. The van der Waals surface area contributed by atoms with Gasteiger partial charge in [-0.3, -0.25) is 9.89 Å². The minimum Gasteiger partial charge on any atom is -0.444 e. The van der Waals surface area contributed by atoms with E-state index in [-0.39, 0.29) is 42.0 Å². The van der Waals surface area contributed by atoms with Crippen LogP contribution < -0.4 is 10.6 Å². The molecule has 1 aliphatic rings. The van der Waals surface area contributed by atoms with E-state index in [0.717, 1.165) is 0 Å². The Morgan fingerprint density at radius 3 is 2.48 bits per heavy atom. The van der Waals surface area contributed by atoms with E-state index in [0.29, 0.717) is 38.6 Å². The molecule has 2 unspecified atom stereocenters. The Morgan fingerprint density at radius 2 is 1.97 bits per heavy atom. The van der Waals surface area contributed by atoms with Gasteiger partial charge < -0.3 is 20.3 Å². The molecule has 11 heteroatoms. The molecular formula is C18H35F3IN5O2. The van der Waals surface area contributed by atoms with E-state index < -0.39 is 18.3 Å². The van der Waals surface area contributed by atoms with Crippen molar-refractivity contribution < 1.29 is 22.7 Å². The maximum atomic E-state index is 12.5. The van der Waals surface area contributed by atoms with E-state index in [2.05, 4.69) is 15.6 Å². The van der Waals surface area contributed by atoms with Gasteiger partial charge in [0.05, 0.1) is 6.54 Å². The minimum absolute atomic E-state index is 0. The summed E-state index contributed by atoms with van der Waals surface area (Å²) >= 11 is 0. The molecule has 0 saturated carbocycles. The van der Waals surface area contributed by atoms with Gasteiger partial charge in [-0.2, -0.15) is 13.2 Å². The van der Waals surface area contributed by atoms with Gasteiger partial charge in [0.15, 0.2) is 5.96 Å². The lowest BCUT2D eigenvalue weighted by molar-refractivity contribution is -0.143. The average Bonchev–Trinajstić information content (AvgIpc) is 2.94. The molecule has 0 bridgehead atoms. The number of hydrogen-bond donors (Lipinski definition) is 2. The summed E-state index contributed by atoms with van der Waals surface area (Å²) in [6.45, 7) is 8.36. The van der Waals surface area contributed by atoms with Crippen molar-refractivity contribution in [3.05, 3.63) is 0 Å². The van der Waals surface area contributed by atoms with Gasteiger partial charge >= 0.3 is 12.3 Å². The van der Waals surface area contributed by atoms with Crippen molar-refractivity contribution in [3.8, 4) is 0 Å². The second kappa shape index (κ2) is 12.0. The van der Waals surface area contributed by atoms with Crippen molar-refractivity contribution in [2.45, 2.75) is 51.9 Å². The first kappa shape index (κ1) is 28.0. The highest BCUT2D eigenvalue weighted by Crippen LogP contribution is 2.19. The van der Waals surface area contributed by atoms with Crippen LogP contribution in [0.5, 0.6) is 0 Å². The highest BCUT2D eigenvalue weighted by Gasteiger charge is 2.34. The van der Waals surface area contributed by atoms with Crippen LogP contribution in [-0.2, 0) is 4.74 Å². The zero-order valence-corrected chi connectivity index (χ0v) is 20.4. The number of hydrogen-bond acceptors (Lipinski definition) is 4. The quantitative estimate of drug-likeness (QED) is 0.310. The number of alkyl halides is 3. The Hall–Kier alpha value is -0.980. The Morgan fingerprint density at radius 1 is 1.34 bits per heavy atom. The van der Waals surface area contributed by atoms with Crippen molar-refractivity contribution in [2.24, 2.45) is 10.9 Å². The van der Waals surface area contributed by atoms with Crippen LogP contribution in [0.2, 0.25) is 0 Å². The summed E-state index contributed by atoms with van der Waals surface area (Å²) in [6.07, 6.45) is -3.92. The molecule has 0 aliphatic carbocycles. The van der Waals surface area contributed by atoms with Crippen molar-refractivity contribution >= 4 is 36.0 Å². The van der Waals surface area contributed by atoms with E-state index >= 15 is 0 Å². The number of aliphatic imine (C=N–C) groups is 1. The molecule has 0 aromatic carbocycles. The van der Waals surface area contributed by atoms with Crippen molar-refractivity contribution in [1.29, 1.82) is 0 Å². The number of carbonyl (C=O) groups is 1. The number of rotatable bonds is 6. The number of guanidine groups is 1. The standard InChI is InChI=1S/C18H34F3N5O2.HI/c1-13(10-25(6)16(27)28-17(2,3)4)9-23-15(22-5)24-14-7-8-26(11-14)12-18(19,20)21;/h13-14H,7-12H2,1-6H3,(H2,22,23,24);1H. The third-order valence-corrected chi connectivity index (χ3v) is 4.15. The van der Waals surface area contributed by atoms with Gasteiger partial charge in [-0.25, -0.2) is 4.79 Å². The smallest absolute Gasteiger partial charge is 0.410 e. The lowest BCUT2D eigenvalue weighted by atomic mass is 10.1. The van der Waals surface area contributed by atoms with Crippen LogP contribution >= 0.6 is 24.0 Å². The molecule has 2 atom stereocenters. The molecule has 1 rings (SSSR count). The average molecular weight is 537 g/mol. The van der Waals surface area contributed by atoms with E-state index in [9.17, 15) is 18.0 Å². The van der Waals surface area contributed by atoms with Gasteiger partial charge in [0, 0.05) is 46.3 Å². The molecule has 0 radical (unpaired) electrons. The third kappa shape index (κ3) is 12.3. The molecule has 1 fully saturated rings. The highest BCUT2D eigenvalue weighted by atomic mass is 127. The fourth-order valence-electron chi connectivity index (χ4n) is 2.95. The van der Waals surface area contributed by atoms with E-state index in [1.165, 1.54) is 9.80 Å². The molecule has 0 aromatic rings. The summed E-state index contributed by atoms with van der Waals surface area (Å²) in [5, 5.41) is 6.34. The number of nitrogens with zero attached hydrogens (tertiary/aromatic N) is 3. The number of nitrogens with one attached hydrogen (secondary N) is 2. The molecule has 2 N–H and O–H groups in total. The monoisotopic (exact) mass is 537 g/mol. The molecule has 1 aliphatic heterocycles. The van der Waals surface area contributed by atoms with Crippen LogP contribution in [0, 0.1) is 5.92 Å². The SMILES string of the molecule is CN=C(NCC(C)CN(C)C(=O)OC(C)(C)C)NC1CCN(CC(F)(F)F)C1.I. The largest absolute Gasteiger partial charge is 0.444 e. The lowest BCUT2D eigenvalue weighted by Crippen LogP contribution is -2.47. The zero-order valence-electron chi connectivity index (χ0n) is 18.1. The zero-order chi connectivity index (χ0) is 21.5. The van der Waals surface area contributed by atoms with Crippen molar-refractivity contribution in [1.82, 2.24) is 20.4 Å². The van der Waals surface area contributed by atoms with Gasteiger partial charge in [-0.15, -0.1) is 24.0 Å². The van der Waals surface area contributed by atoms with Gasteiger partial charge in [0.25, 0.3) is 0 Å². The van der Waals surface area contributed by atoms with Crippen LogP contribution in [0.15, 0.2) is 4.99 Å². The molecule has 7 nitrogen and oxygen atoms in total. The van der Waals surface area contributed by atoms with Crippen LogP contribution in [0.25, 0.3) is 0 Å². The molecule has 1 heterocycles. The maximum absolute atomic E-state index is 12.5. The van der Waals surface area contributed by atoms with Gasteiger partial charge in [-0.05, 0) is 33.1 Å². The number of amides is 1. The van der Waals surface area contributed by atoms with Crippen LogP contribution in [0.4, 0.5) is 18.0 Å². The van der Waals surface area contributed by atoms with E-state index in [1.54, 1.807) is 14.1 Å². The summed E-state index contributed by atoms with van der Waals surface area (Å²) in [5.74, 6) is 0.673. The molecule has 1 saturated heterocycles. The molecule has 29 heavy (non-hydrogen) atoms. The lowest BCUT2D eigenvalue weighted by Gasteiger charge is -2.27. The summed E-state index contributed by atoms with van der Waals surface area (Å²) < 4.78 is 42.8. The fraction of sp³-hybridized carbons (Fsp3) is 0.889. The first-order valence-corrected chi connectivity index (χ1v) is 9.49. The second-order valence-corrected chi connectivity index (χ2v) is 8.40. The Labute approximate surface area is 188 Å². The predicted molar refractivity (Wildman–Crippen MR) is 119 cm³/mol. The summed E-state index contributed by atoms with van der Waals surface area (Å²) in [7, 11) is 3.31. The number of likely N-dealkylation sites (tertiary alicyclic amines) is 1. The van der Waals surface area contributed by atoms with Crippen molar-refractivity contribution in [2.75, 3.05) is 46.8 Å². The topological polar surface area (TPSA) is 69.2 Å². The Balaban J connectivity index is 0.00000784. The predicted octanol–water partition coefficient (Wildman–Crippen LogP) is 2.91. The Bertz CT molecular complexity index is 541. The first-order chi connectivity index (χ1) is 12.8. The molecule has 1 amide bonds. The van der Waals surface area contributed by atoms with Crippen molar-refractivity contribution in [3.63, 3.8) is 0 Å². The van der Waals surface area contributed by atoms with E-state index in [1.807, 2.05) is 27.7 Å². The van der Waals surface area contributed by atoms with Gasteiger partial charge in [0.2, 0.25) is 0 Å². The normalized spacial score (nSPS) is 19.3. The Kier molecular flexibility index (Phi) is 11.6. The number of ether oxygens (including phenoxy) is 1. The summed E-state index contributed by atoms with van der Waals surface area (Å²) in [5.41, 5.74) is -0.542. The second-order valence-electron chi connectivity index (χ2n) is 8.40. The molecular weight excluding hydrogens is 502 g/mol. The first-order valence-electron chi connectivity index (χ1n) is 9.49. The van der Waals surface area contributed by atoms with Crippen LogP contribution in [0.3, 0.4) is 0 Å². The summed E-state index contributed by atoms with van der Waals surface area (Å²) in [4.78, 5) is 19.1. The number of halogens is 4. The van der Waals surface area contributed by atoms with Crippen LogP contribution in [0.1, 0.15) is 34.1 Å². The molecule has 0 aromatic heterocycles. The third-order valence-electron chi connectivity index (χ3n) is 4.15. The number of carbonyl (C=O) groups excluding carboxylic acids is 1. The van der Waals surface area contributed by atoms with E-state index in [4.69, 9.17) is 4.74 Å². The van der Waals surface area contributed by atoms with Gasteiger partial charge in [0.1, 0.15) is 5.60 Å². The minimum atomic E-state index is -4.18. The van der Waals surface area contributed by atoms with Gasteiger partial charge in [-0.1, -0.05) is 6.92 Å². The molecule has 0 spiro atoms. The highest BCUT2D eigenvalue weighted by molar-refractivity contribution is 14.0.